The monoisotopic (exact) mass is 588 g/mol. The van der Waals surface area contributed by atoms with Gasteiger partial charge in [0.2, 0.25) is 10.0 Å². The van der Waals surface area contributed by atoms with Crippen LogP contribution in [0.15, 0.2) is 42.6 Å². The standard InChI is InChI=1S/C28H31F3N6O3S/c29-21-2-3-22(32-26(21)19-5-7-28(30,31)8-6-19)23-18-37(35-33-23)24-4-1-20(34-41(39,40)16-15-38)17-25(24)36-13-11-27(9-10-27)12-14-36/h1-5,17-18,34,38H,6-16H2. The van der Waals surface area contributed by atoms with Gasteiger partial charge >= 0.3 is 0 Å². The van der Waals surface area contributed by atoms with Crippen LogP contribution in [-0.4, -0.2) is 64.9 Å². The summed E-state index contributed by atoms with van der Waals surface area (Å²) < 4.78 is 70.6. The molecule has 218 valence electrons. The van der Waals surface area contributed by atoms with E-state index in [0.717, 1.165) is 31.6 Å². The Morgan fingerprint density at radius 1 is 1.00 bits per heavy atom. The summed E-state index contributed by atoms with van der Waals surface area (Å²) in [4.78, 5) is 6.63. The molecule has 3 aliphatic rings. The molecular formula is C28H31F3N6O3S. The first kappa shape index (κ1) is 27.7. The van der Waals surface area contributed by atoms with Crippen LogP contribution < -0.4 is 9.62 Å². The van der Waals surface area contributed by atoms with Gasteiger partial charge in [-0.1, -0.05) is 11.3 Å². The molecule has 1 aliphatic heterocycles. The smallest absolute Gasteiger partial charge is 0.251 e. The maximum Gasteiger partial charge on any atom is 0.251 e. The number of pyridine rings is 1. The number of piperidine rings is 1. The highest BCUT2D eigenvalue weighted by atomic mass is 32.2. The molecule has 0 bridgehead atoms. The third kappa shape index (κ3) is 5.96. The molecule has 3 heterocycles. The molecule has 0 unspecified atom stereocenters. The van der Waals surface area contributed by atoms with Crippen LogP contribution in [0.1, 0.15) is 50.6 Å². The topological polar surface area (TPSA) is 113 Å². The van der Waals surface area contributed by atoms with Crippen molar-refractivity contribution < 1.29 is 26.7 Å². The van der Waals surface area contributed by atoms with Crippen LogP contribution in [0, 0.1) is 11.2 Å². The van der Waals surface area contributed by atoms with Crippen molar-refractivity contribution in [3.8, 4) is 17.1 Å². The lowest BCUT2D eigenvalue weighted by molar-refractivity contribution is -0.00609. The lowest BCUT2D eigenvalue weighted by atomic mass is 9.93. The second kappa shape index (κ2) is 10.4. The summed E-state index contributed by atoms with van der Waals surface area (Å²) in [5.41, 5.74) is 3.49. The van der Waals surface area contributed by atoms with E-state index in [-0.39, 0.29) is 18.5 Å². The summed E-state index contributed by atoms with van der Waals surface area (Å²) in [6, 6.07) is 7.87. The number of hydrogen-bond donors (Lipinski definition) is 2. The van der Waals surface area contributed by atoms with Crippen molar-refractivity contribution in [2.45, 2.75) is 50.9 Å². The van der Waals surface area contributed by atoms with Gasteiger partial charge in [-0.15, -0.1) is 5.10 Å². The number of aromatic nitrogens is 4. The number of nitrogens with zero attached hydrogens (tertiary/aromatic N) is 5. The van der Waals surface area contributed by atoms with Gasteiger partial charge in [0.25, 0.3) is 5.92 Å². The average molecular weight is 589 g/mol. The van der Waals surface area contributed by atoms with Crippen molar-refractivity contribution in [1.29, 1.82) is 0 Å². The van der Waals surface area contributed by atoms with Crippen LogP contribution in [0.2, 0.25) is 0 Å². The van der Waals surface area contributed by atoms with Gasteiger partial charge in [0.1, 0.15) is 17.2 Å². The zero-order valence-electron chi connectivity index (χ0n) is 22.4. The van der Waals surface area contributed by atoms with Crippen molar-refractivity contribution >= 4 is 27.0 Å². The first-order valence-electron chi connectivity index (χ1n) is 13.7. The van der Waals surface area contributed by atoms with Crippen molar-refractivity contribution in [3.05, 3.63) is 54.1 Å². The number of allylic oxidation sites excluding steroid dienone is 2. The van der Waals surface area contributed by atoms with Crippen LogP contribution in [0.4, 0.5) is 24.5 Å². The van der Waals surface area contributed by atoms with E-state index in [4.69, 9.17) is 5.11 Å². The molecule has 2 aromatic heterocycles. The summed E-state index contributed by atoms with van der Waals surface area (Å²) in [5, 5.41) is 17.7. The number of aliphatic hydroxyl groups is 1. The van der Waals surface area contributed by atoms with Crippen LogP contribution in [-0.2, 0) is 10.0 Å². The molecule has 1 spiro atoms. The third-order valence-electron chi connectivity index (χ3n) is 8.29. The Hall–Kier alpha value is -3.45. The van der Waals surface area contributed by atoms with E-state index in [1.807, 2.05) is 0 Å². The maximum absolute atomic E-state index is 14.7. The van der Waals surface area contributed by atoms with E-state index in [9.17, 15) is 21.6 Å². The van der Waals surface area contributed by atoms with Gasteiger partial charge < -0.3 is 10.0 Å². The highest BCUT2D eigenvalue weighted by Crippen LogP contribution is 2.54. The van der Waals surface area contributed by atoms with Crippen LogP contribution in [0.3, 0.4) is 0 Å². The van der Waals surface area contributed by atoms with E-state index >= 15 is 0 Å². The summed E-state index contributed by atoms with van der Waals surface area (Å²) in [7, 11) is -3.71. The van der Waals surface area contributed by atoms with Crippen molar-refractivity contribution in [2.75, 3.05) is 35.1 Å². The van der Waals surface area contributed by atoms with Crippen molar-refractivity contribution in [1.82, 2.24) is 20.0 Å². The SMILES string of the molecule is O=S(=O)(CCO)Nc1ccc(-n2cc(-c3ccc(F)c(C4=CCC(F)(F)CC4)n3)nn2)c(N2CCC3(CC2)CC3)c1. The summed E-state index contributed by atoms with van der Waals surface area (Å²) in [6.45, 7) is 1.15. The lowest BCUT2D eigenvalue weighted by Crippen LogP contribution is -2.35. The Labute approximate surface area is 236 Å². The molecule has 0 atom stereocenters. The summed E-state index contributed by atoms with van der Waals surface area (Å²) >= 11 is 0. The number of rotatable bonds is 8. The Bertz CT molecular complexity index is 1590. The number of halogens is 3. The minimum Gasteiger partial charge on any atom is -0.395 e. The normalized spacial score (nSPS) is 19.7. The van der Waals surface area contributed by atoms with Crippen LogP contribution >= 0.6 is 0 Å². The zero-order chi connectivity index (χ0) is 28.8. The second-order valence-corrected chi connectivity index (χ2v) is 13.0. The van der Waals surface area contributed by atoms with Gasteiger partial charge in [-0.3, -0.25) is 4.72 Å². The summed E-state index contributed by atoms with van der Waals surface area (Å²) in [6.07, 6.45) is 6.83. The minimum atomic E-state index is -3.71. The first-order chi connectivity index (χ1) is 19.6. The maximum atomic E-state index is 14.7. The highest BCUT2D eigenvalue weighted by Gasteiger charge is 2.44. The number of hydrogen-bond acceptors (Lipinski definition) is 7. The molecule has 13 heteroatoms. The Morgan fingerprint density at radius 3 is 2.46 bits per heavy atom. The fraction of sp³-hybridized carbons (Fsp3) is 0.464. The first-order valence-corrected chi connectivity index (χ1v) is 15.4. The van der Waals surface area contributed by atoms with Gasteiger partial charge in [0, 0.05) is 25.9 Å². The highest BCUT2D eigenvalue weighted by molar-refractivity contribution is 7.92. The number of alkyl halides is 2. The predicted octanol–water partition coefficient (Wildman–Crippen LogP) is 4.79. The molecule has 2 fully saturated rings. The van der Waals surface area contributed by atoms with E-state index in [0.29, 0.717) is 33.8 Å². The molecule has 6 rings (SSSR count). The molecule has 2 aliphatic carbocycles. The molecule has 0 radical (unpaired) electrons. The molecule has 2 N–H and O–H groups in total. The number of aliphatic hydroxyl groups excluding tert-OH is 1. The van der Waals surface area contributed by atoms with E-state index in [2.05, 4.69) is 24.9 Å². The number of nitrogens with one attached hydrogen (secondary N) is 1. The van der Waals surface area contributed by atoms with Crippen LogP contribution in [0.25, 0.3) is 22.6 Å². The zero-order valence-corrected chi connectivity index (χ0v) is 23.2. The minimum absolute atomic E-state index is 0.0297. The quantitative estimate of drug-likeness (QED) is 0.389. The van der Waals surface area contributed by atoms with E-state index in [1.165, 1.54) is 31.1 Å². The van der Waals surface area contributed by atoms with Gasteiger partial charge in [0.15, 0.2) is 0 Å². The average Bonchev–Trinajstić information content (AvgIpc) is 3.50. The lowest BCUT2D eigenvalue weighted by Gasteiger charge is -2.35. The Morgan fingerprint density at radius 2 is 1.78 bits per heavy atom. The fourth-order valence-electron chi connectivity index (χ4n) is 5.60. The molecular weight excluding hydrogens is 557 g/mol. The molecule has 9 nitrogen and oxygen atoms in total. The van der Waals surface area contributed by atoms with Gasteiger partial charge in [-0.05, 0) is 73.4 Å². The Kier molecular flexibility index (Phi) is 7.05. The van der Waals surface area contributed by atoms with Crippen molar-refractivity contribution in [3.63, 3.8) is 0 Å². The molecule has 0 amide bonds. The summed E-state index contributed by atoms with van der Waals surface area (Å²) in [5.74, 6) is -3.79. The second-order valence-electron chi connectivity index (χ2n) is 11.2. The van der Waals surface area contributed by atoms with Gasteiger partial charge in [-0.25, -0.2) is 31.3 Å². The van der Waals surface area contributed by atoms with Gasteiger partial charge in [0.05, 0.1) is 41.3 Å². The van der Waals surface area contributed by atoms with Gasteiger partial charge in [-0.2, -0.15) is 0 Å². The third-order valence-corrected chi connectivity index (χ3v) is 9.56. The largest absolute Gasteiger partial charge is 0.395 e. The van der Waals surface area contributed by atoms with Crippen LogP contribution in [0.5, 0.6) is 0 Å². The fourth-order valence-corrected chi connectivity index (χ4v) is 6.43. The predicted molar refractivity (Wildman–Crippen MR) is 149 cm³/mol. The number of anilines is 2. The number of sulfonamides is 1. The number of benzene rings is 1. The molecule has 1 saturated carbocycles. The van der Waals surface area contributed by atoms with E-state index < -0.39 is 40.5 Å². The molecule has 3 aromatic rings. The van der Waals surface area contributed by atoms with E-state index in [1.54, 1.807) is 29.1 Å². The van der Waals surface area contributed by atoms with Crippen molar-refractivity contribution in [2.24, 2.45) is 5.41 Å². The Balaban J connectivity index is 1.32. The molecule has 1 saturated heterocycles. The molecule has 41 heavy (non-hydrogen) atoms. The molecule has 1 aromatic carbocycles.